The standard InChI is InChI=1S/C4HF10O4P.Li/c5-1(6,7)3(11,12)17-19(15,16)18-4(13,14)2(8,9)10;/h(H,15,16);/q;+1/p-1. The minimum Gasteiger partial charge on any atom is -0.756 e. The summed E-state index contributed by atoms with van der Waals surface area (Å²) >= 11 is 0. The molecule has 4 nitrogen and oxygen atoms in total. The number of alkyl halides is 10. The van der Waals surface area contributed by atoms with E-state index in [0.717, 1.165) is 0 Å². The number of halogens is 10. The molecule has 0 aromatic carbocycles. The topological polar surface area (TPSA) is 58.6 Å². The summed E-state index contributed by atoms with van der Waals surface area (Å²) in [5.74, 6) is 0. The van der Waals surface area contributed by atoms with Crippen molar-refractivity contribution in [1.82, 2.24) is 0 Å². The van der Waals surface area contributed by atoms with Crippen molar-refractivity contribution >= 4 is 7.82 Å². The van der Waals surface area contributed by atoms with Crippen LogP contribution in [0.3, 0.4) is 0 Å². The molecule has 0 fully saturated rings. The summed E-state index contributed by atoms with van der Waals surface area (Å²) in [6.45, 7) is 0. The SMILES string of the molecule is O=P([O-])(OC(F)(F)C(F)(F)F)OC(F)(F)C(F)(F)F.[Li+]. The van der Waals surface area contributed by atoms with Crippen LogP contribution in [0.5, 0.6) is 0 Å². The molecule has 0 radical (unpaired) electrons. The van der Waals surface area contributed by atoms with Gasteiger partial charge in [0.15, 0.2) is 0 Å². The van der Waals surface area contributed by atoms with Gasteiger partial charge in [-0.25, -0.2) is 9.05 Å². The van der Waals surface area contributed by atoms with Crippen molar-refractivity contribution in [2.75, 3.05) is 0 Å². The van der Waals surface area contributed by atoms with Crippen molar-refractivity contribution in [2.45, 2.75) is 24.6 Å². The third-order valence-corrected chi connectivity index (χ3v) is 2.02. The zero-order valence-corrected chi connectivity index (χ0v) is 9.75. The largest absolute Gasteiger partial charge is 1.00 e. The fraction of sp³-hybridized carbons (Fsp3) is 1.00. The Labute approximate surface area is 114 Å². The molecule has 0 aliphatic carbocycles. The van der Waals surface area contributed by atoms with E-state index in [0.29, 0.717) is 0 Å². The van der Waals surface area contributed by atoms with Gasteiger partial charge in [0.1, 0.15) is 0 Å². The van der Waals surface area contributed by atoms with Crippen LogP contribution < -0.4 is 23.8 Å². The molecule has 0 unspecified atom stereocenters. The van der Waals surface area contributed by atoms with E-state index in [1.807, 2.05) is 9.05 Å². The first-order valence-corrected chi connectivity index (χ1v) is 4.99. The van der Waals surface area contributed by atoms with Gasteiger partial charge >= 0.3 is 43.4 Å². The van der Waals surface area contributed by atoms with Crippen LogP contribution in [-0.4, -0.2) is 24.6 Å². The molecule has 0 spiro atoms. The molecule has 16 heteroatoms. The van der Waals surface area contributed by atoms with E-state index in [4.69, 9.17) is 0 Å². The molecule has 0 saturated heterocycles. The number of rotatable bonds is 4. The van der Waals surface area contributed by atoms with Crippen LogP contribution in [0.15, 0.2) is 0 Å². The van der Waals surface area contributed by atoms with Gasteiger partial charge in [-0.3, -0.25) is 4.57 Å². The number of phosphoric acid groups is 1. The molecule has 0 heterocycles. The molecule has 0 N–H and O–H groups in total. The normalized spacial score (nSPS) is 14.9. The molecule has 116 valence electrons. The van der Waals surface area contributed by atoms with Gasteiger partial charge in [0.05, 0.1) is 0 Å². The van der Waals surface area contributed by atoms with E-state index in [1.54, 1.807) is 0 Å². The summed E-state index contributed by atoms with van der Waals surface area (Å²) in [6, 6.07) is 0. The first-order valence-electron chi connectivity index (χ1n) is 3.53. The number of hydrogen-bond donors (Lipinski definition) is 0. The predicted octanol–water partition coefficient (Wildman–Crippen LogP) is -0.198. The molecule has 0 rings (SSSR count). The summed E-state index contributed by atoms with van der Waals surface area (Å²) in [7, 11) is -7.32. The molecule has 0 saturated carbocycles. The fourth-order valence-electron chi connectivity index (χ4n) is 0.403. The van der Waals surface area contributed by atoms with Gasteiger partial charge in [-0.05, 0) is 0 Å². The first kappa shape index (κ1) is 22.3. The molecule has 20 heavy (non-hydrogen) atoms. The summed E-state index contributed by atoms with van der Waals surface area (Å²) < 4.78 is 130. The van der Waals surface area contributed by atoms with Crippen molar-refractivity contribution in [3.63, 3.8) is 0 Å². The van der Waals surface area contributed by atoms with Gasteiger partial charge in [0.2, 0.25) is 0 Å². The summed E-state index contributed by atoms with van der Waals surface area (Å²) in [5, 5.41) is 0. The maximum Gasteiger partial charge on any atom is 1.00 e. The van der Waals surface area contributed by atoms with Crippen LogP contribution in [0, 0.1) is 0 Å². The molecule has 0 atom stereocenters. The molecule has 0 aromatic heterocycles. The van der Waals surface area contributed by atoms with Crippen molar-refractivity contribution in [3.05, 3.63) is 0 Å². The van der Waals surface area contributed by atoms with Crippen LogP contribution in [-0.2, 0) is 13.6 Å². The summed E-state index contributed by atoms with van der Waals surface area (Å²) in [5.41, 5.74) is 0. The maximum absolute atomic E-state index is 12.0. The Kier molecular flexibility index (Phi) is 6.71. The van der Waals surface area contributed by atoms with Crippen molar-refractivity contribution in [2.24, 2.45) is 0 Å². The van der Waals surface area contributed by atoms with E-state index in [9.17, 15) is 53.4 Å². The second kappa shape index (κ2) is 6.02. The van der Waals surface area contributed by atoms with E-state index in [2.05, 4.69) is 0 Å². The van der Waals surface area contributed by atoms with Crippen molar-refractivity contribution in [1.29, 1.82) is 0 Å². The smallest absolute Gasteiger partial charge is 0.756 e. The molecule has 0 aromatic rings. The maximum atomic E-state index is 12.0. The first-order chi connectivity index (χ1) is 7.91. The van der Waals surface area contributed by atoms with E-state index in [1.165, 1.54) is 0 Å². The van der Waals surface area contributed by atoms with Crippen LogP contribution in [0.25, 0.3) is 0 Å². The Hall–Kier alpha value is 0.00740. The Morgan fingerprint density at radius 2 is 0.900 bits per heavy atom. The predicted molar refractivity (Wildman–Crippen MR) is 31.8 cm³/mol. The molecule has 0 aliphatic heterocycles. The average molecular weight is 340 g/mol. The quantitative estimate of drug-likeness (QED) is 0.404. The van der Waals surface area contributed by atoms with Gasteiger partial charge in [0, 0.05) is 0 Å². The Balaban J connectivity index is 0. The van der Waals surface area contributed by atoms with Crippen LogP contribution in [0.4, 0.5) is 43.9 Å². The Morgan fingerprint density at radius 3 is 1.05 bits per heavy atom. The zero-order chi connectivity index (χ0) is 15.9. The molecule has 0 aliphatic rings. The van der Waals surface area contributed by atoms with Gasteiger partial charge in [-0.15, -0.1) is 0 Å². The second-order valence-corrected chi connectivity index (χ2v) is 3.92. The van der Waals surface area contributed by atoms with E-state index < -0.39 is 32.4 Å². The molecule has 0 bridgehead atoms. The van der Waals surface area contributed by atoms with Gasteiger partial charge in [-0.2, -0.15) is 43.9 Å². The van der Waals surface area contributed by atoms with Crippen LogP contribution in [0.1, 0.15) is 0 Å². The average Bonchev–Trinajstić information content (AvgIpc) is 1.93. The Morgan fingerprint density at radius 1 is 0.700 bits per heavy atom. The minimum absolute atomic E-state index is 0. The molecule has 0 amide bonds. The number of phosphoric ester groups is 1. The van der Waals surface area contributed by atoms with E-state index >= 15 is 0 Å². The second-order valence-electron chi connectivity index (χ2n) is 2.66. The van der Waals surface area contributed by atoms with Crippen molar-refractivity contribution in [3.8, 4) is 0 Å². The van der Waals surface area contributed by atoms with Crippen LogP contribution in [0.2, 0.25) is 0 Å². The zero-order valence-electron chi connectivity index (χ0n) is 8.86. The molecular formula is C4F10LiO4P. The van der Waals surface area contributed by atoms with Gasteiger partial charge < -0.3 is 4.89 Å². The van der Waals surface area contributed by atoms with Crippen LogP contribution >= 0.6 is 7.82 Å². The third-order valence-electron chi connectivity index (χ3n) is 1.11. The summed E-state index contributed by atoms with van der Waals surface area (Å²) in [4.78, 5) is 10.2. The summed E-state index contributed by atoms with van der Waals surface area (Å²) in [6.07, 6.45) is -26.4. The van der Waals surface area contributed by atoms with E-state index in [-0.39, 0.29) is 18.9 Å². The van der Waals surface area contributed by atoms with Gasteiger partial charge in [-0.1, -0.05) is 0 Å². The third kappa shape index (κ3) is 5.78. The molecular weight excluding hydrogens is 340 g/mol. The van der Waals surface area contributed by atoms with Crippen molar-refractivity contribution < 1.29 is 81.3 Å². The minimum atomic E-state index is -7.32. The monoisotopic (exact) mass is 340 g/mol. The van der Waals surface area contributed by atoms with Gasteiger partial charge in [0.25, 0.3) is 7.82 Å². The Bertz CT molecular complexity index is 344. The fourth-order valence-corrected chi connectivity index (χ4v) is 1.21. The number of hydrogen-bond acceptors (Lipinski definition) is 4.